The molecule has 4 nitrogen and oxygen atoms in total. The molecule has 2 N–H and O–H groups in total. The molecular formula is C17H23NO3. The third-order valence-corrected chi connectivity index (χ3v) is 4.49. The van der Waals surface area contributed by atoms with Crippen LogP contribution < -0.4 is 10.1 Å². The number of aliphatic hydroxyl groups excluding tert-OH is 1. The molecule has 0 bridgehead atoms. The summed E-state index contributed by atoms with van der Waals surface area (Å²) in [6.45, 7) is 0.0470. The third-order valence-electron chi connectivity index (χ3n) is 4.49. The van der Waals surface area contributed by atoms with Crippen molar-refractivity contribution >= 4 is 5.91 Å². The molecule has 0 aromatic heterocycles. The van der Waals surface area contributed by atoms with E-state index in [-0.39, 0.29) is 12.5 Å². The first kappa shape index (κ1) is 14.4. The van der Waals surface area contributed by atoms with Crippen molar-refractivity contribution in [2.45, 2.75) is 57.1 Å². The summed E-state index contributed by atoms with van der Waals surface area (Å²) in [6.07, 6.45) is 7.01. The van der Waals surface area contributed by atoms with Crippen molar-refractivity contribution in [2.75, 3.05) is 6.61 Å². The molecule has 0 aliphatic heterocycles. The highest BCUT2D eigenvalue weighted by Crippen LogP contribution is 2.32. The van der Waals surface area contributed by atoms with E-state index in [9.17, 15) is 9.90 Å². The fourth-order valence-corrected chi connectivity index (χ4v) is 3.33. The van der Waals surface area contributed by atoms with E-state index < -0.39 is 6.10 Å². The Bertz CT molecular complexity index is 509. The Hall–Kier alpha value is -1.55. The normalized spacial score (nSPS) is 21.9. The molecule has 1 saturated carbocycles. The summed E-state index contributed by atoms with van der Waals surface area (Å²) >= 11 is 0. The smallest absolute Gasteiger partial charge is 0.258 e. The zero-order chi connectivity index (χ0) is 14.7. The largest absolute Gasteiger partial charge is 0.484 e. The van der Waals surface area contributed by atoms with E-state index in [1.165, 1.54) is 18.4 Å². The van der Waals surface area contributed by atoms with Crippen LogP contribution >= 0.6 is 0 Å². The van der Waals surface area contributed by atoms with Crippen LogP contribution in [0.25, 0.3) is 0 Å². The highest BCUT2D eigenvalue weighted by Gasteiger charge is 2.19. The second kappa shape index (κ2) is 6.48. The number of aryl methyl sites for hydroxylation is 1. The van der Waals surface area contributed by atoms with Crippen LogP contribution in [0.5, 0.6) is 5.75 Å². The Morgan fingerprint density at radius 3 is 2.86 bits per heavy atom. The zero-order valence-electron chi connectivity index (χ0n) is 12.3. The lowest BCUT2D eigenvalue weighted by Gasteiger charge is -2.22. The number of rotatable bonds is 4. The lowest BCUT2D eigenvalue weighted by Crippen LogP contribution is -2.36. The molecule has 0 spiro atoms. The van der Waals surface area contributed by atoms with Gasteiger partial charge in [0, 0.05) is 6.04 Å². The minimum Gasteiger partial charge on any atom is -0.484 e. The molecule has 1 amide bonds. The van der Waals surface area contributed by atoms with Crippen LogP contribution in [0, 0.1) is 0 Å². The van der Waals surface area contributed by atoms with Crippen LogP contribution in [-0.4, -0.2) is 23.7 Å². The summed E-state index contributed by atoms with van der Waals surface area (Å²) in [7, 11) is 0. The number of carbonyl (C=O) groups excluding carboxylic acids is 1. The molecule has 0 heterocycles. The monoisotopic (exact) mass is 289 g/mol. The first-order valence-corrected chi connectivity index (χ1v) is 7.95. The first-order chi connectivity index (χ1) is 10.2. The molecule has 1 unspecified atom stereocenters. The van der Waals surface area contributed by atoms with E-state index in [4.69, 9.17) is 4.74 Å². The Morgan fingerprint density at radius 1 is 1.24 bits per heavy atom. The molecule has 0 saturated heterocycles. The average molecular weight is 289 g/mol. The zero-order valence-corrected chi connectivity index (χ0v) is 12.3. The van der Waals surface area contributed by atoms with Gasteiger partial charge in [0.15, 0.2) is 6.61 Å². The number of benzene rings is 1. The maximum absolute atomic E-state index is 11.8. The van der Waals surface area contributed by atoms with Gasteiger partial charge < -0.3 is 15.2 Å². The van der Waals surface area contributed by atoms with Gasteiger partial charge in [-0.1, -0.05) is 18.9 Å². The van der Waals surface area contributed by atoms with Gasteiger partial charge in [-0.2, -0.15) is 0 Å². The first-order valence-electron chi connectivity index (χ1n) is 7.95. The number of aliphatic hydroxyl groups is 1. The molecule has 21 heavy (non-hydrogen) atoms. The fraction of sp³-hybridized carbons (Fsp3) is 0.588. The molecule has 0 radical (unpaired) electrons. The number of amides is 1. The number of nitrogens with one attached hydrogen (secondary N) is 1. The number of hydrogen-bond acceptors (Lipinski definition) is 3. The molecule has 1 aromatic rings. The highest BCUT2D eigenvalue weighted by atomic mass is 16.5. The van der Waals surface area contributed by atoms with E-state index in [1.807, 2.05) is 18.2 Å². The van der Waals surface area contributed by atoms with Gasteiger partial charge in [0.1, 0.15) is 5.75 Å². The molecule has 4 heteroatoms. The van der Waals surface area contributed by atoms with Gasteiger partial charge in [0.05, 0.1) is 6.10 Å². The lowest BCUT2D eigenvalue weighted by atomic mass is 9.89. The van der Waals surface area contributed by atoms with Crippen molar-refractivity contribution in [1.29, 1.82) is 0 Å². The van der Waals surface area contributed by atoms with Crippen molar-refractivity contribution in [3.63, 3.8) is 0 Å². The van der Waals surface area contributed by atoms with E-state index >= 15 is 0 Å². The summed E-state index contributed by atoms with van der Waals surface area (Å²) < 4.78 is 5.57. The SMILES string of the molecule is O=C(COc1ccc2c(c1)C(O)CCC2)NC1CCCC1. The summed E-state index contributed by atoms with van der Waals surface area (Å²) in [6, 6.07) is 6.09. The van der Waals surface area contributed by atoms with Crippen LogP contribution in [-0.2, 0) is 11.2 Å². The van der Waals surface area contributed by atoms with Gasteiger partial charge in [-0.05, 0) is 55.4 Å². The Kier molecular flexibility index (Phi) is 4.44. The molecule has 114 valence electrons. The van der Waals surface area contributed by atoms with E-state index in [2.05, 4.69) is 5.32 Å². The van der Waals surface area contributed by atoms with Crippen LogP contribution in [0.15, 0.2) is 18.2 Å². The standard InChI is InChI=1S/C17H23NO3/c19-16-7-3-4-12-8-9-14(10-15(12)16)21-11-17(20)18-13-5-1-2-6-13/h8-10,13,16,19H,1-7,11H2,(H,18,20). The molecule has 2 aliphatic carbocycles. The van der Waals surface area contributed by atoms with Gasteiger partial charge in [0.2, 0.25) is 0 Å². The highest BCUT2D eigenvalue weighted by molar-refractivity contribution is 5.77. The van der Waals surface area contributed by atoms with Crippen molar-refractivity contribution in [1.82, 2.24) is 5.32 Å². The fourth-order valence-electron chi connectivity index (χ4n) is 3.33. The molecule has 1 fully saturated rings. The summed E-state index contributed by atoms with van der Waals surface area (Å²) in [4.78, 5) is 11.8. The minimum absolute atomic E-state index is 0.0470. The Morgan fingerprint density at radius 2 is 2.05 bits per heavy atom. The van der Waals surface area contributed by atoms with Crippen LogP contribution in [0.2, 0.25) is 0 Å². The topological polar surface area (TPSA) is 58.6 Å². The van der Waals surface area contributed by atoms with E-state index in [0.29, 0.717) is 11.8 Å². The maximum atomic E-state index is 11.8. The summed E-state index contributed by atoms with van der Waals surface area (Å²) in [5, 5.41) is 13.0. The predicted molar refractivity (Wildman–Crippen MR) is 80.2 cm³/mol. The lowest BCUT2D eigenvalue weighted by molar-refractivity contribution is -0.123. The minimum atomic E-state index is -0.399. The molecular weight excluding hydrogens is 266 g/mol. The van der Waals surface area contributed by atoms with E-state index in [1.54, 1.807) is 0 Å². The molecule has 2 aliphatic rings. The number of carbonyl (C=O) groups is 1. The summed E-state index contributed by atoms with van der Waals surface area (Å²) in [5.41, 5.74) is 2.14. The number of fused-ring (bicyclic) bond motifs is 1. The Balaban J connectivity index is 1.55. The average Bonchev–Trinajstić information content (AvgIpc) is 2.98. The van der Waals surface area contributed by atoms with Crippen molar-refractivity contribution in [3.05, 3.63) is 29.3 Å². The number of ether oxygens (including phenoxy) is 1. The van der Waals surface area contributed by atoms with Crippen molar-refractivity contribution < 1.29 is 14.6 Å². The molecule has 1 atom stereocenters. The molecule has 3 rings (SSSR count). The van der Waals surface area contributed by atoms with Gasteiger partial charge in [-0.3, -0.25) is 4.79 Å². The van der Waals surface area contributed by atoms with Crippen LogP contribution in [0.4, 0.5) is 0 Å². The van der Waals surface area contributed by atoms with Gasteiger partial charge in [-0.25, -0.2) is 0 Å². The van der Waals surface area contributed by atoms with Gasteiger partial charge >= 0.3 is 0 Å². The van der Waals surface area contributed by atoms with Crippen LogP contribution in [0.3, 0.4) is 0 Å². The predicted octanol–water partition coefficient (Wildman–Crippen LogP) is 2.49. The van der Waals surface area contributed by atoms with Crippen LogP contribution in [0.1, 0.15) is 55.8 Å². The maximum Gasteiger partial charge on any atom is 0.258 e. The number of hydrogen-bond donors (Lipinski definition) is 2. The van der Waals surface area contributed by atoms with Gasteiger partial charge in [0.25, 0.3) is 5.91 Å². The molecule has 1 aromatic carbocycles. The second-order valence-corrected chi connectivity index (χ2v) is 6.11. The quantitative estimate of drug-likeness (QED) is 0.895. The van der Waals surface area contributed by atoms with Crippen molar-refractivity contribution in [3.8, 4) is 5.75 Å². The van der Waals surface area contributed by atoms with Gasteiger partial charge in [-0.15, -0.1) is 0 Å². The third kappa shape index (κ3) is 3.56. The van der Waals surface area contributed by atoms with E-state index in [0.717, 1.165) is 37.7 Å². The summed E-state index contributed by atoms with van der Waals surface area (Å²) in [5.74, 6) is 0.608. The Labute approximate surface area is 125 Å². The second-order valence-electron chi connectivity index (χ2n) is 6.11. The van der Waals surface area contributed by atoms with Crippen molar-refractivity contribution in [2.24, 2.45) is 0 Å².